The molecule has 1 aliphatic heterocycles. The van der Waals surface area contributed by atoms with Gasteiger partial charge in [0.15, 0.2) is 5.60 Å². The van der Waals surface area contributed by atoms with E-state index in [0.717, 1.165) is 0 Å². The summed E-state index contributed by atoms with van der Waals surface area (Å²) in [7, 11) is 1.62. The van der Waals surface area contributed by atoms with Crippen molar-refractivity contribution in [2.75, 3.05) is 18.6 Å². The molecule has 0 aromatic heterocycles. The second kappa shape index (κ2) is 3.32. The summed E-state index contributed by atoms with van der Waals surface area (Å²) in [5.74, 6) is -0.377. The van der Waals surface area contributed by atoms with E-state index >= 15 is 0 Å². The van der Waals surface area contributed by atoms with E-state index < -0.39 is 5.60 Å². The zero-order chi connectivity index (χ0) is 11.1. The highest BCUT2D eigenvalue weighted by Gasteiger charge is 2.47. The maximum atomic E-state index is 11.8. The van der Waals surface area contributed by atoms with Crippen molar-refractivity contribution in [3.8, 4) is 0 Å². The van der Waals surface area contributed by atoms with Crippen LogP contribution in [0.15, 0.2) is 24.3 Å². The molecule has 1 aliphatic rings. The lowest BCUT2D eigenvalue weighted by Crippen LogP contribution is -2.39. The van der Waals surface area contributed by atoms with Crippen LogP contribution in [0.4, 0.5) is 5.69 Å². The minimum Gasteiger partial charge on any atom is -0.396 e. The highest BCUT2D eigenvalue weighted by atomic mass is 16.3. The van der Waals surface area contributed by atoms with Crippen molar-refractivity contribution >= 4 is 11.6 Å². The molecule has 0 spiro atoms. The smallest absolute Gasteiger partial charge is 0.263 e. The third-order valence-electron chi connectivity index (χ3n) is 2.84. The summed E-state index contributed by atoms with van der Waals surface area (Å²) < 4.78 is 0. The molecule has 1 atom stereocenters. The molecule has 1 aromatic carbocycles. The third kappa shape index (κ3) is 1.26. The van der Waals surface area contributed by atoms with Gasteiger partial charge < -0.3 is 15.1 Å². The number of para-hydroxylation sites is 1. The molecule has 0 fully saturated rings. The third-order valence-corrected chi connectivity index (χ3v) is 2.84. The summed E-state index contributed by atoms with van der Waals surface area (Å²) in [6.07, 6.45) is 0.0349. The number of carbonyl (C=O) groups excluding carboxylic acids is 1. The molecule has 2 rings (SSSR count). The summed E-state index contributed by atoms with van der Waals surface area (Å²) in [5.41, 5.74) is -0.273. The van der Waals surface area contributed by atoms with Gasteiger partial charge in [0.25, 0.3) is 5.91 Å². The average Bonchev–Trinajstić information content (AvgIpc) is 2.43. The lowest BCUT2D eigenvalue weighted by Gasteiger charge is -2.20. The summed E-state index contributed by atoms with van der Waals surface area (Å²) in [5, 5.41) is 19.1. The van der Waals surface area contributed by atoms with Gasteiger partial charge in [0, 0.05) is 25.6 Å². The van der Waals surface area contributed by atoms with E-state index in [4.69, 9.17) is 5.11 Å². The highest BCUT2D eigenvalue weighted by Crippen LogP contribution is 2.40. The fraction of sp³-hybridized carbons (Fsp3) is 0.364. The van der Waals surface area contributed by atoms with E-state index in [-0.39, 0.29) is 18.9 Å². The predicted molar refractivity (Wildman–Crippen MR) is 55.5 cm³/mol. The maximum Gasteiger partial charge on any atom is 0.263 e. The molecule has 0 radical (unpaired) electrons. The fourth-order valence-corrected chi connectivity index (χ4v) is 2.02. The first-order valence-electron chi connectivity index (χ1n) is 4.82. The van der Waals surface area contributed by atoms with Gasteiger partial charge in [0.1, 0.15) is 0 Å². The molecule has 0 bridgehead atoms. The Morgan fingerprint density at radius 1 is 1.40 bits per heavy atom. The van der Waals surface area contributed by atoms with Crippen molar-refractivity contribution in [3.63, 3.8) is 0 Å². The molecule has 4 nitrogen and oxygen atoms in total. The van der Waals surface area contributed by atoms with Gasteiger partial charge in [-0.15, -0.1) is 0 Å². The van der Waals surface area contributed by atoms with E-state index in [2.05, 4.69) is 0 Å². The van der Waals surface area contributed by atoms with Crippen LogP contribution in [0.25, 0.3) is 0 Å². The number of aliphatic hydroxyl groups excluding tert-OH is 1. The maximum absolute atomic E-state index is 11.8. The second-order valence-corrected chi connectivity index (χ2v) is 3.72. The van der Waals surface area contributed by atoms with E-state index in [1.165, 1.54) is 4.90 Å². The van der Waals surface area contributed by atoms with Crippen molar-refractivity contribution in [2.24, 2.45) is 0 Å². The van der Waals surface area contributed by atoms with Crippen LogP contribution in [0, 0.1) is 0 Å². The topological polar surface area (TPSA) is 60.8 Å². The van der Waals surface area contributed by atoms with Gasteiger partial charge in [-0.3, -0.25) is 4.79 Å². The van der Waals surface area contributed by atoms with Crippen LogP contribution in [0.2, 0.25) is 0 Å². The standard InChI is InChI=1S/C11H13NO3/c1-12-9-5-3-2-4-8(9)11(15,6-7-13)10(12)14/h2-5,13,15H,6-7H2,1H3/t11-/m0/s1. The SMILES string of the molecule is CN1C(=O)[C@](O)(CCO)c2ccccc21. The molecule has 1 aromatic rings. The Kier molecular flexibility index (Phi) is 2.25. The zero-order valence-electron chi connectivity index (χ0n) is 8.47. The molecule has 4 heteroatoms. The molecule has 0 saturated carbocycles. The van der Waals surface area contributed by atoms with Gasteiger partial charge >= 0.3 is 0 Å². The minimum absolute atomic E-state index is 0.0349. The lowest BCUT2D eigenvalue weighted by molar-refractivity contribution is -0.137. The van der Waals surface area contributed by atoms with E-state index in [9.17, 15) is 9.90 Å². The normalized spacial score (nSPS) is 24.5. The molecule has 1 amide bonds. The number of anilines is 1. The molecule has 0 saturated heterocycles. The number of hydrogen-bond donors (Lipinski definition) is 2. The van der Waals surface area contributed by atoms with Crippen LogP contribution in [0.1, 0.15) is 12.0 Å². The Morgan fingerprint density at radius 3 is 2.73 bits per heavy atom. The zero-order valence-corrected chi connectivity index (χ0v) is 8.47. The summed E-state index contributed by atoms with van der Waals surface area (Å²) in [6.45, 7) is -0.218. The van der Waals surface area contributed by atoms with Gasteiger partial charge in [-0.1, -0.05) is 18.2 Å². The number of likely N-dealkylation sites (N-methyl/N-ethyl adjacent to an activating group) is 1. The van der Waals surface area contributed by atoms with Gasteiger partial charge in [-0.25, -0.2) is 0 Å². The van der Waals surface area contributed by atoms with Crippen LogP contribution in [0.5, 0.6) is 0 Å². The summed E-state index contributed by atoms with van der Waals surface area (Å²) in [4.78, 5) is 13.3. The van der Waals surface area contributed by atoms with E-state index in [0.29, 0.717) is 11.3 Å². The van der Waals surface area contributed by atoms with Gasteiger partial charge in [-0.05, 0) is 6.07 Å². The number of hydrogen-bond acceptors (Lipinski definition) is 3. The fourth-order valence-electron chi connectivity index (χ4n) is 2.02. The number of fused-ring (bicyclic) bond motifs is 1. The Hall–Kier alpha value is -1.39. The largest absolute Gasteiger partial charge is 0.396 e. The van der Waals surface area contributed by atoms with Gasteiger partial charge in [0.2, 0.25) is 0 Å². The van der Waals surface area contributed by atoms with Crippen LogP contribution in [-0.2, 0) is 10.4 Å². The van der Waals surface area contributed by atoms with Crippen molar-refractivity contribution in [1.82, 2.24) is 0 Å². The second-order valence-electron chi connectivity index (χ2n) is 3.72. The first-order chi connectivity index (χ1) is 7.11. The quantitative estimate of drug-likeness (QED) is 0.730. The number of carbonyl (C=O) groups is 1. The van der Waals surface area contributed by atoms with Crippen LogP contribution in [0.3, 0.4) is 0 Å². The van der Waals surface area contributed by atoms with Crippen LogP contribution >= 0.6 is 0 Å². The Labute approximate surface area is 87.8 Å². The number of benzene rings is 1. The molecular weight excluding hydrogens is 194 g/mol. The number of nitrogens with zero attached hydrogens (tertiary/aromatic N) is 1. The minimum atomic E-state index is -1.56. The van der Waals surface area contributed by atoms with Gasteiger partial charge in [-0.2, -0.15) is 0 Å². The Morgan fingerprint density at radius 2 is 2.07 bits per heavy atom. The molecule has 80 valence electrons. The number of rotatable bonds is 2. The average molecular weight is 207 g/mol. The molecule has 0 unspecified atom stereocenters. The lowest BCUT2D eigenvalue weighted by atomic mass is 9.92. The molecule has 15 heavy (non-hydrogen) atoms. The Balaban J connectivity index is 2.55. The molecule has 0 aliphatic carbocycles. The first-order valence-corrected chi connectivity index (χ1v) is 4.82. The molecular formula is C11H13NO3. The van der Waals surface area contributed by atoms with Gasteiger partial charge in [0.05, 0.1) is 5.69 Å². The summed E-state index contributed by atoms with van der Waals surface area (Å²) in [6, 6.07) is 7.08. The first kappa shape index (κ1) is 10.1. The monoisotopic (exact) mass is 207 g/mol. The van der Waals surface area contributed by atoms with Crippen LogP contribution in [-0.4, -0.2) is 29.8 Å². The summed E-state index contributed by atoms with van der Waals surface area (Å²) >= 11 is 0. The van der Waals surface area contributed by atoms with Crippen molar-refractivity contribution < 1.29 is 15.0 Å². The molecule has 2 N–H and O–H groups in total. The van der Waals surface area contributed by atoms with Crippen molar-refractivity contribution in [3.05, 3.63) is 29.8 Å². The van der Waals surface area contributed by atoms with Crippen LogP contribution < -0.4 is 4.90 Å². The van der Waals surface area contributed by atoms with E-state index in [1.807, 2.05) is 6.07 Å². The van der Waals surface area contributed by atoms with Crippen molar-refractivity contribution in [1.29, 1.82) is 0 Å². The molecule has 1 heterocycles. The number of amides is 1. The Bertz CT molecular complexity index is 405. The van der Waals surface area contributed by atoms with E-state index in [1.54, 1.807) is 25.2 Å². The number of aliphatic hydroxyl groups is 2. The predicted octanol–water partition coefficient (Wildman–Crippen LogP) is 0.233. The highest BCUT2D eigenvalue weighted by molar-refractivity contribution is 6.06. The van der Waals surface area contributed by atoms with Crippen molar-refractivity contribution in [2.45, 2.75) is 12.0 Å².